The summed E-state index contributed by atoms with van der Waals surface area (Å²) in [6.07, 6.45) is -3.47. The summed E-state index contributed by atoms with van der Waals surface area (Å²) < 4.78 is 64.2. The number of nitro groups is 1. The number of non-ortho nitro benzene ring substituents is 1. The Morgan fingerprint density at radius 3 is 2.59 bits per heavy atom. The second kappa shape index (κ2) is 10.7. The Kier molecular flexibility index (Phi) is 7.38. The van der Waals surface area contributed by atoms with Crippen molar-refractivity contribution >= 4 is 28.9 Å². The van der Waals surface area contributed by atoms with Crippen molar-refractivity contribution in [3.63, 3.8) is 0 Å². The van der Waals surface area contributed by atoms with Gasteiger partial charge < -0.3 is 14.5 Å². The van der Waals surface area contributed by atoms with Gasteiger partial charge in [-0.25, -0.2) is 17.6 Å². The molecule has 0 aliphatic heterocycles. The van der Waals surface area contributed by atoms with Crippen LogP contribution in [0.1, 0.15) is 40.6 Å². The molecule has 0 saturated carbocycles. The first-order chi connectivity index (χ1) is 17.6. The molecule has 4 aromatic rings. The number of furan rings is 1. The van der Waals surface area contributed by atoms with Gasteiger partial charge in [0, 0.05) is 18.3 Å². The summed E-state index contributed by atoms with van der Waals surface area (Å²) >= 11 is 5.63. The molecule has 1 aromatic carbocycles. The van der Waals surface area contributed by atoms with Crippen LogP contribution in [-0.4, -0.2) is 25.6 Å². The van der Waals surface area contributed by atoms with Crippen molar-refractivity contribution in [2.75, 3.05) is 5.32 Å². The third-order valence-electron chi connectivity index (χ3n) is 4.79. The Bertz CT molecular complexity index is 1440. The molecule has 10 nitrogen and oxygen atoms in total. The number of pyridine rings is 1. The van der Waals surface area contributed by atoms with Crippen molar-refractivity contribution in [1.29, 1.82) is 0 Å². The summed E-state index contributed by atoms with van der Waals surface area (Å²) in [5, 5.41) is 16.3. The number of hydrogen-bond donors (Lipinski definition) is 1. The summed E-state index contributed by atoms with van der Waals surface area (Å²) in [5.74, 6) is -0.843. The third-order valence-corrected chi connectivity index (χ3v) is 5.18. The van der Waals surface area contributed by atoms with E-state index in [2.05, 4.69) is 15.4 Å². The molecule has 0 radical (unpaired) electrons. The fraction of sp³-hybridized carbons (Fsp3) is 0.136. The van der Waals surface area contributed by atoms with Gasteiger partial charge in [0.2, 0.25) is 0 Å². The molecule has 0 fully saturated rings. The molecule has 0 aliphatic rings. The van der Waals surface area contributed by atoms with Crippen molar-refractivity contribution in [2.24, 2.45) is 0 Å². The molecule has 4 rings (SSSR count). The fourth-order valence-electron chi connectivity index (χ4n) is 3.23. The second-order valence-corrected chi connectivity index (χ2v) is 7.71. The Balaban J connectivity index is 1.54. The average Bonchev–Trinajstić information content (AvgIpc) is 3.44. The number of carbonyl (C=O) groups is 1. The molecule has 0 saturated heterocycles. The molecule has 0 bridgehead atoms. The first-order valence-corrected chi connectivity index (χ1v) is 10.6. The van der Waals surface area contributed by atoms with Crippen LogP contribution >= 0.6 is 11.6 Å². The van der Waals surface area contributed by atoms with E-state index >= 15 is 0 Å². The van der Waals surface area contributed by atoms with Crippen LogP contribution < -0.4 is 10.1 Å². The standard InChI is InChI=1S/C22H14ClF4N5O5/c23-17-18(20(24)25)30-31(19(17)21(26)27)10-14-3-4-16(37-14)22(33)29-11-6-12(32(34)35)8-15(7-11)36-13-2-1-5-28-9-13/h1-9,20-21H,10H2,(H,29,33). The summed E-state index contributed by atoms with van der Waals surface area (Å²) in [4.78, 5) is 27.2. The fourth-order valence-corrected chi connectivity index (χ4v) is 3.53. The highest BCUT2D eigenvalue weighted by atomic mass is 35.5. The number of nitrogens with one attached hydrogen (secondary N) is 1. The van der Waals surface area contributed by atoms with E-state index in [4.69, 9.17) is 20.8 Å². The molecular formula is C22H14ClF4N5O5. The number of rotatable bonds is 9. The van der Waals surface area contributed by atoms with Crippen molar-refractivity contribution in [2.45, 2.75) is 19.4 Å². The molecule has 0 aliphatic carbocycles. The number of hydrogen-bond acceptors (Lipinski definition) is 7. The van der Waals surface area contributed by atoms with Gasteiger partial charge in [-0.1, -0.05) is 11.6 Å². The van der Waals surface area contributed by atoms with Crippen LogP contribution in [-0.2, 0) is 6.54 Å². The van der Waals surface area contributed by atoms with E-state index in [0.29, 0.717) is 10.4 Å². The third kappa shape index (κ3) is 5.86. The number of alkyl halides is 4. The van der Waals surface area contributed by atoms with Crippen molar-refractivity contribution in [3.8, 4) is 11.5 Å². The number of nitrogens with zero attached hydrogens (tertiary/aromatic N) is 4. The lowest BCUT2D eigenvalue weighted by molar-refractivity contribution is -0.384. The normalized spacial score (nSPS) is 11.2. The number of amides is 1. The zero-order chi connectivity index (χ0) is 26.7. The van der Waals surface area contributed by atoms with Gasteiger partial charge in [0.1, 0.15) is 28.6 Å². The number of benzene rings is 1. The molecule has 0 spiro atoms. The highest BCUT2D eigenvalue weighted by Gasteiger charge is 2.28. The van der Waals surface area contributed by atoms with Crippen molar-refractivity contribution in [3.05, 3.63) is 92.9 Å². The smallest absolute Gasteiger partial charge is 0.291 e. The van der Waals surface area contributed by atoms with Crippen LogP contribution in [0.5, 0.6) is 11.5 Å². The molecule has 15 heteroatoms. The molecule has 3 heterocycles. The summed E-state index contributed by atoms with van der Waals surface area (Å²) in [6.45, 7) is -0.515. The maximum atomic E-state index is 13.4. The first-order valence-electron chi connectivity index (χ1n) is 10.2. The lowest BCUT2D eigenvalue weighted by atomic mass is 10.2. The van der Waals surface area contributed by atoms with Gasteiger partial charge in [-0.2, -0.15) is 5.10 Å². The van der Waals surface area contributed by atoms with Crippen LogP contribution in [0.4, 0.5) is 28.9 Å². The predicted octanol–water partition coefficient (Wildman–Crippen LogP) is 6.40. The summed E-state index contributed by atoms with van der Waals surface area (Å²) in [6, 6.07) is 9.20. The molecular weight excluding hydrogens is 526 g/mol. The number of ether oxygens (including phenoxy) is 1. The highest BCUT2D eigenvalue weighted by Crippen LogP contribution is 2.35. The zero-order valence-electron chi connectivity index (χ0n) is 18.3. The minimum Gasteiger partial charge on any atom is -0.455 e. The van der Waals surface area contributed by atoms with Gasteiger partial charge in [-0.05, 0) is 24.3 Å². The predicted molar refractivity (Wildman–Crippen MR) is 120 cm³/mol. The number of nitro benzene ring substituents is 1. The highest BCUT2D eigenvalue weighted by molar-refractivity contribution is 6.32. The van der Waals surface area contributed by atoms with Crippen LogP contribution in [0.15, 0.2) is 59.3 Å². The number of aromatic nitrogens is 3. The lowest BCUT2D eigenvalue weighted by Crippen LogP contribution is -2.11. The van der Waals surface area contributed by atoms with E-state index in [9.17, 15) is 32.5 Å². The minimum atomic E-state index is -3.19. The zero-order valence-corrected chi connectivity index (χ0v) is 19.0. The largest absolute Gasteiger partial charge is 0.455 e. The van der Waals surface area contributed by atoms with Gasteiger partial charge in [0.05, 0.1) is 34.4 Å². The molecule has 37 heavy (non-hydrogen) atoms. The number of anilines is 1. The summed E-state index contributed by atoms with van der Waals surface area (Å²) in [7, 11) is 0. The van der Waals surface area contributed by atoms with Crippen molar-refractivity contribution in [1.82, 2.24) is 14.8 Å². The van der Waals surface area contributed by atoms with E-state index in [1.165, 1.54) is 30.6 Å². The molecule has 0 unspecified atom stereocenters. The van der Waals surface area contributed by atoms with Gasteiger partial charge >= 0.3 is 0 Å². The van der Waals surface area contributed by atoms with Crippen molar-refractivity contribution < 1.29 is 36.4 Å². The summed E-state index contributed by atoms with van der Waals surface area (Å²) in [5.41, 5.74) is -2.30. The maximum absolute atomic E-state index is 13.4. The Morgan fingerprint density at radius 2 is 1.95 bits per heavy atom. The van der Waals surface area contributed by atoms with Gasteiger partial charge in [0.15, 0.2) is 5.76 Å². The van der Waals surface area contributed by atoms with E-state index in [-0.39, 0.29) is 28.6 Å². The molecule has 3 aromatic heterocycles. The lowest BCUT2D eigenvalue weighted by Gasteiger charge is -2.09. The van der Waals surface area contributed by atoms with Crippen LogP contribution in [0.3, 0.4) is 0 Å². The van der Waals surface area contributed by atoms with E-state index in [0.717, 1.165) is 12.1 Å². The van der Waals surface area contributed by atoms with E-state index < -0.39 is 46.6 Å². The van der Waals surface area contributed by atoms with Gasteiger partial charge in [-0.3, -0.25) is 24.6 Å². The van der Waals surface area contributed by atoms with E-state index in [1.54, 1.807) is 12.1 Å². The maximum Gasteiger partial charge on any atom is 0.291 e. The SMILES string of the molecule is O=C(Nc1cc(Oc2cccnc2)cc([N+](=O)[O-])c1)c1ccc(Cn2nc(C(F)F)c(Cl)c2C(F)F)o1. The van der Waals surface area contributed by atoms with Crippen LogP contribution in [0.25, 0.3) is 0 Å². The van der Waals surface area contributed by atoms with Gasteiger partial charge in [-0.15, -0.1) is 0 Å². The minimum absolute atomic E-state index is 0.00328. The number of carbonyl (C=O) groups excluding carboxylic acids is 1. The second-order valence-electron chi connectivity index (χ2n) is 7.33. The molecule has 192 valence electrons. The quantitative estimate of drug-likeness (QED) is 0.148. The van der Waals surface area contributed by atoms with E-state index in [1.807, 2.05) is 0 Å². The average molecular weight is 540 g/mol. The molecule has 1 N–H and O–H groups in total. The van der Waals surface area contributed by atoms with Crippen LogP contribution in [0.2, 0.25) is 5.02 Å². The number of halogens is 5. The van der Waals surface area contributed by atoms with Crippen LogP contribution in [0, 0.1) is 10.1 Å². The molecule has 0 atom stereocenters. The Hall–Kier alpha value is -4.46. The topological polar surface area (TPSA) is 125 Å². The first kappa shape index (κ1) is 25.6. The Morgan fingerprint density at radius 1 is 1.16 bits per heavy atom. The molecule has 1 amide bonds. The monoisotopic (exact) mass is 539 g/mol. The van der Waals surface area contributed by atoms with Gasteiger partial charge in [0.25, 0.3) is 24.4 Å². The Labute approximate surface area is 209 Å².